The van der Waals surface area contributed by atoms with Crippen LogP contribution in [0.2, 0.25) is 0 Å². The molecule has 27 heavy (non-hydrogen) atoms. The Morgan fingerprint density at radius 3 is 2.59 bits per heavy atom. The molecule has 0 fully saturated rings. The van der Waals surface area contributed by atoms with Crippen molar-refractivity contribution in [3.05, 3.63) is 71.4 Å². The average Bonchev–Trinajstić information content (AvgIpc) is 3.15. The summed E-state index contributed by atoms with van der Waals surface area (Å²) < 4.78 is 4.98. The zero-order valence-electron chi connectivity index (χ0n) is 14.5. The van der Waals surface area contributed by atoms with Crippen molar-refractivity contribution in [1.82, 2.24) is 15.5 Å². The largest absolute Gasteiger partial charge is 0.507 e. The predicted octanol–water partition coefficient (Wildman–Crippen LogP) is 2.31. The highest BCUT2D eigenvalue weighted by Gasteiger charge is 2.15. The summed E-state index contributed by atoms with van der Waals surface area (Å²) in [5.74, 6) is -0.465. The number of carbonyl (C=O) groups excluding carboxylic acids is 2. The van der Waals surface area contributed by atoms with Crippen LogP contribution in [-0.4, -0.2) is 34.2 Å². The fourth-order valence-electron chi connectivity index (χ4n) is 2.39. The normalized spacial score (nSPS) is 10.3. The molecule has 138 valence electrons. The van der Waals surface area contributed by atoms with Gasteiger partial charge in [-0.2, -0.15) is 5.10 Å². The summed E-state index contributed by atoms with van der Waals surface area (Å²) in [6, 6.07) is 15.2. The van der Waals surface area contributed by atoms with E-state index in [1.165, 1.54) is 25.3 Å². The van der Waals surface area contributed by atoms with E-state index < -0.39 is 5.91 Å². The number of phenols is 1. The van der Waals surface area contributed by atoms with E-state index in [1.807, 2.05) is 30.3 Å². The lowest BCUT2D eigenvalue weighted by molar-refractivity contribution is 0.0945. The first-order chi connectivity index (χ1) is 13.1. The maximum absolute atomic E-state index is 12.3. The fourth-order valence-corrected chi connectivity index (χ4v) is 2.39. The molecule has 0 saturated heterocycles. The molecule has 0 aliphatic rings. The number of phenolic OH excluding ortho intramolecular Hbond substituents is 1. The first-order valence-corrected chi connectivity index (χ1v) is 8.12. The van der Waals surface area contributed by atoms with Crippen molar-refractivity contribution in [3.63, 3.8) is 0 Å². The maximum atomic E-state index is 12.3. The lowest BCUT2D eigenvalue weighted by Gasteiger charge is -2.06. The lowest BCUT2D eigenvalue weighted by Crippen LogP contribution is -2.23. The third-order valence-electron chi connectivity index (χ3n) is 3.80. The van der Waals surface area contributed by atoms with E-state index in [9.17, 15) is 14.7 Å². The minimum absolute atomic E-state index is 0.0699. The average molecular weight is 366 g/mol. The second-order valence-electron chi connectivity index (χ2n) is 5.67. The Balaban J connectivity index is 1.61. The van der Waals surface area contributed by atoms with Crippen LogP contribution >= 0.6 is 0 Å². The van der Waals surface area contributed by atoms with Gasteiger partial charge in [0, 0.05) is 18.7 Å². The van der Waals surface area contributed by atoms with Crippen molar-refractivity contribution >= 4 is 17.6 Å². The number of aromatic nitrogens is 2. The molecule has 2 aromatic carbocycles. The van der Waals surface area contributed by atoms with Crippen LogP contribution in [0.25, 0.3) is 0 Å². The van der Waals surface area contributed by atoms with Crippen LogP contribution in [0.3, 0.4) is 0 Å². The molecule has 2 amide bonds. The molecule has 0 atom stereocenters. The molecule has 0 aliphatic carbocycles. The number of ether oxygens (including phenoxy) is 1. The minimum atomic E-state index is -0.546. The Labute approximate surface area is 155 Å². The first-order valence-electron chi connectivity index (χ1n) is 8.12. The number of methoxy groups -OCH3 is 1. The second-order valence-corrected chi connectivity index (χ2v) is 5.67. The minimum Gasteiger partial charge on any atom is -0.507 e. The quantitative estimate of drug-likeness (QED) is 0.534. The molecule has 4 N–H and O–H groups in total. The van der Waals surface area contributed by atoms with Crippen LogP contribution in [0.15, 0.2) is 54.6 Å². The number of hydrogen-bond donors (Lipinski definition) is 4. The molecule has 8 heteroatoms. The number of hydrogen-bond acceptors (Lipinski definition) is 5. The zero-order chi connectivity index (χ0) is 19.2. The summed E-state index contributed by atoms with van der Waals surface area (Å²) >= 11 is 0. The number of anilines is 1. The molecule has 0 aliphatic heterocycles. The number of rotatable bonds is 6. The molecule has 1 aromatic heterocycles. The molecule has 0 spiro atoms. The van der Waals surface area contributed by atoms with Crippen LogP contribution < -0.4 is 15.4 Å². The van der Waals surface area contributed by atoms with E-state index in [4.69, 9.17) is 4.74 Å². The van der Waals surface area contributed by atoms with Gasteiger partial charge in [0.25, 0.3) is 11.8 Å². The highest BCUT2D eigenvalue weighted by molar-refractivity contribution is 6.06. The Kier molecular flexibility index (Phi) is 5.36. The molecule has 3 rings (SSSR count). The van der Waals surface area contributed by atoms with Gasteiger partial charge in [0.05, 0.1) is 12.7 Å². The summed E-state index contributed by atoms with van der Waals surface area (Å²) in [7, 11) is 1.46. The molecule has 0 bridgehead atoms. The lowest BCUT2D eigenvalue weighted by atomic mass is 10.2. The number of aromatic amines is 1. The molecule has 3 aromatic rings. The van der Waals surface area contributed by atoms with E-state index >= 15 is 0 Å². The van der Waals surface area contributed by atoms with Crippen LogP contribution in [0.4, 0.5) is 5.82 Å². The van der Waals surface area contributed by atoms with Crippen molar-refractivity contribution < 1.29 is 19.4 Å². The van der Waals surface area contributed by atoms with E-state index in [2.05, 4.69) is 20.8 Å². The predicted molar refractivity (Wildman–Crippen MR) is 98.8 cm³/mol. The zero-order valence-corrected chi connectivity index (χ0v) is 14.5. The van der Waals surface area contributed by atoms with Gasteiger partial charge in [-0.05, 0) is 17.7 Å². The molecular formula is C19H18N4O4. The van der Waals surface area contributed by atoms with E-state index in [-0.39, 0.29) is 28.7 Å². The number of benzene rings is 2. The number of aromatic hydroxyl groups is 1. The van der Waals surface area contributed by atoms with Gasteiger partial charge in [-0.3, -0.25) is 14.7 Å². The number of nitrogens with one attached hydrogen (secondary N) is 3. The topological polar surface area (TPSA) is 116 Å². The summed E-state index contributed by atoms with van der Waals surface area (Å²) in [5, 5.41) is 21.7. The van der Waals surface area contributed by atoms with E-state index in [0.29, 0.717) is 12.3 Å². The van der Waals surface area contributed by atoms with Gasteiger partial charge < -0.3 is 20.5 Å². The second kappa shape index (κ2) is 8.05. The fraction of sp³-hybridized carbons (Fsp3) is 0.105. The Hall–Kier alpha value is -3.81. The van der Waals surface area contributed by atoms with Crippen molar-refractivity contribution in [3.8, 4) is 11.5 Å². The van der Waals surface area contributed by atoms with Gasteiger partial charge in [-0.25, -0.2) is 0 Å². The molecule has 0 radical (unpaired) electrons. The Morgan fingerprint density at radius 1 is 1.11 bits per heavy atom. The van der Waals surface area contributed by atoms with E-state index in [0.717, 1.165) is 5.56 Å². The number of H-pyrrole nitrogens is 1. The Bertz CT molecular complexity index is 953. The van der Waals surface area contributed by atoms with Gasteiger partial charge >= 0.3 is 0 Å². The SMILES string of the molecule is COc1ccc(C(=O)Nc2cc(C(=O)NCc3ccccc3)n[nH]2)c(O)c1. The van der Waals surface area contributed by atoms with Crippen LogP contribution in [0.5, 0.6) is 11.5 Å². The van der Waals surface area contributed by atoms with Crippen molar-refractivity contribution in [1.29, 1.82) is 0 Å². The van der Waals surface area contributed by atoms with Gasteiger partial charge in [0.15, 0.2) is 5.69 Å². The molecule has 8 nitrogen and oxygen atoms in total. The standard InChI is InChI=1S/C19H18N4O4/c1-27-13-7-8-14(16(24)9-13)18(25)21-17-10-15(22-23-17)19(26)20-11-12-5-3-2-4-6-12/h2-10,24H,11H2,1H3,(H,20,26)(H2,21,22,23,25). The summed E-state index contributed by atoms with van der Waals surface area (Å²) in [6.07, 6.45) is 0. The third kappa shape index (κ3) is 4.43. The van der Waals surface area contributed by atoms with Gasteiger partial charge in [-0.1, -0.05) is 30.3 Å². The smallest absolute Gasteiger partial charge is 0.272 e. The third-order valence-corrected chi connectivity index (χ3v) is 3.80. The molecule has 0 unspecified atom stereocenters. The van der Waals surface area contributed by atoms with Gasteiger partial charge in [-0.15, -0.1) is 0 Å². The van der Waals surface area contributed by atoms with Gasteiger partial charge in [0.2, 0.25) is 0 Å². The number of carbonyl (C=O) groups is 2. The summed E-state index contributed by atoms with van der Waals surface area (Å²) in [5.41, 5.74) is 1.17. The van der Waals surface area contributed by atoms with E-state index in [1.54, 1.807) is 6.07 Å². The monoisotopic (exact) mass is 366 g/mol. The highest BCUT2D eigenvalue weighted by atomic mass is 16.5. The molecule has 1 heterocycles. The summed E-state index contributed by atoms with van der Waals surface area (Å²) in [4.78, 5) is 24.4. The van der Waals surface area contributed by atoms with Crippen molar-refractivity contribution in [2.45, 2.75) is 6.54 Å². The summed E-state index contributed by atoms with van der Waals surface area (Å²) in [6.45, 7) is 0.369. The molecular weight excluding hydrogens is 348 g/mol. The Morgan fingerprint density at radius 2 is 1.89 bits per heavy atom. The number of nitrogens with zero attached hydrogens (tertiary/aromatic N) is 1. The van der Waals surface area contributed by atoms with Crippen LogP contribution in [0.1, 0.15) is 26.4 Å². The molecule has 0 saturated carbocycles. The van der Waals surface area contributed by atoms with Crippen molar-refractivity contribution in [2.75, 3.05) is 12.4 Å². The van der Waals surface area contributed by atoms with Gasteiger partial charge in [0.1, 0.15) is 17.3 Å². The first kappa shape index (κ1) is 18.0. The van der Waals surface area contributed by atoms with Crippen LogP contribution in [-0.2, 0) is 6.54 Å². The van der Waals surface area contributed by atoms with Crippen LogP contribution in [0, 0.1) is 0 Å². The maximum Gasteiger partial charge on any atom is 0.272 e. The van der Waals surface area contributed by atoms with Crippen molar-refractivity contribution in [2.24, 2.45) is 0 Å². The number of amides is 2. The highest BCUT2D eigenvalue weighted by Crippen LogP contribution is 2.24.